The van der Waals surface area contributed by atoms with Crippen molar-refractivity contribution < 1.29 is 19.0 Å². The first-order valence-corrected chi connectivity index (χ1v) is 6.47. The minimum absolute atomic E-state index is 0.0298. The second-order valence-electron chi connectivity index (χ2n) is 4.05. The number of nitrogen functional groups attached to an aromatic ring is 1. The molecule has 0 amide bonds. The van der Waals surface area contributed by atoms with Crippen LogP contribution in [0.25, 0.3) is 0 Å². The van der Waals surface area contributed by atoms with Gasteiger partial charge in [-0.1, -0.05) is 22.0 Å². The Morgan fingerprint density at radius 2 is 2.10 bits per heavy atom. The number of nitrogens with two attached hydrogens (primary N) is 1. The molecular formula is C14H11BrFNO3. The highest BCUT2D eigenvalue weighted by Gasteiger charge is 2.15. The van der Waals surface area contributed by atoms with Gasteiger partial charge in [-0.2, -0.15) is 0 Å². The number of carboxylic acids is 1. The van der Waals surface area contributed by atoms with Crippen LogP contribution >= 0.6 is 15.9 Å². The number of rotatable bonds is 4. The Labute approximate surface area is 123 Å². The van der Waals surface area contributed by atoms with Crippen LogP contribution in [-0.2, 0) is 6.61 Å². The number of anilines is 1. The number of hydrogen-bond acceptors (Lipinski definition) is 3. The Hall–Kier alpha value is -2.08. The van der Waals surface area contributed by atoms with Crippen LogP contribution in [0.1, 0.15) is 15.9 Å². The van der Waals surface area contributed by atoms with E-state index in [4.69, 9.17) is 15.6 Å². The Morgan fingerprint density at radius 1 is 1.35 bits per heavy atom. The lowest BCUT2D eigenvalue weighted by atomic mass is 10.1. The number of hydrogen-bond donors (Lipinski definition) is 2. The summed E-state index contributed by atoms with van der Waals surface area (Å²) in [5.41, 5.74) is 6.21. The molecule has 0 aliphatic rings. The maximum atomic E-state index is 13.2. The van der Waals surface area contributed by atoms with Gasteiger partial charge in [0.15, 0.2) is 0 Å². The minimum Gasteiger partial charge on any atom is -0.488 e. The van der Waals surface area contributed by atoms with E-state index < -0.39 is 11.8 Å². The number of benzene rings is 2. The van der Waals surface area contributed by atoms with Crippen LogP contribution in [0.3, 0.4) is 0 Å². The van der Waals surface area contributed by atoms with Gasteiger partial charge >= 0.3 is 5.97 Å². The van der Waals surface area contributed by atoms with Gasteiger partial charge in [-0.3, -0.25) is 0 Å². The van der Waals surface area contributed by atoms with E-state index in [0.717, 1.165) is 0 Å². The molecule has 0 spiro atoms. The fraction of sp³-hybridized carbons (Fsp3) is 0.0714. The predicted octanol–water partition coefficient (Wildman–Crippen LogP) is 3.45. The molecule has 0 aliphatic carbocycles. The zero-order valence-corrected chi connectivity index (χ0v) is 11.9. The summed E-state index contributed by atoms with van der Waals surface area (Å²) in [6, 6.07) is 8.78. The van der Waals surface area contributed by atoms with Crippen molar-refractivity contribution in [3.8, 4) is 5.75 Å². The molecule has 0 heterocycles. The molecule has 2 aromatic rings. The summed E-state index contributed by atoms with van der Waals surface area (Å²) < 4.78 is 19.3. The molecule has 0 aromatic heterocycles. The fourth-order valence-electron chi connectivity index (χ4n) is 1.71. The first kappa shape index (κ1) is 14.3. The molecule has 0 saturated carbocycles. The van der Waals surface area contributed by atoms with E-state index in [1.807, 2.05) is 0 Å². The SMILES string of the molecule is Nc1cccc(OCc2cc(F)ccc2Br)c1C(=O)O. The third kappa shape index (κ3) is 3.08. The number of carbonyl (C=O) groups is 1. The largest absolute Gasteiger partial charge is 0.488 e. The fourth-order valence-corrected chi connectivity index (χ4v) is 2.07. The Kier molecular flexibility index (Phi) is 4.24. The van der Waals surface area contributed by atoms with Crippen molar-refractivity contribution in [3.63, 3.8) is 0 Å². The Bertz CT molecular complexity index is 661. The zero-order chi connectivity index (χ0) is 14.7. The maximum absolute atomic E-state index is 13.2. The zero-order valence-electron chi connectivity index (χ0n) is 10.3. The summed E-state index contributed by atoms with van der Waals surface area (Å²) in [7, 11) is 0. The third-order valence-electron chi connectivity index (χ3n) is 2.66. The van der Waals surface area contributed by atoms with Crippen molar-refractivity contribution >= 4 is 27.6 Å². The molecule has 0 radical (unpaired) electrons. The van der Waals surface area contributed by atoms with Crippen molar-refractivity contribution in [2.75, 3.05) is 5.73 Å². The third-order valence-corrected chi connectivity index (χ3v) is 3.44. The monoisotopic (exact) mass is 339 g/mol. The smallest absolute Gasteiger partial charge is 0.341 e. The molecule has 0 saturated heterocycles. The normalized spacial score (nSPS) is 10.3. The van der Waals surface area contributed by atoms with E-state index in [2.05, 4.69) is 15.9 Å². The lowest BCUT2D eigenvalue weighted by Gasteiger charge is -2.11. The number of ether oxygens (including phenoxy) is 1. The van der Waals surface area contributed by atoms with E-state index in [1.165, 1.54) is 24.3 Å². The second-order valence-corrected chi connectivity index (χ2v) is 4.90. The molecule has 0 unspecified atom stereocenters. The summed E-state index contributed by atoms with van der Waals surface area (Å²) >= 11 is 3.28. The van der Waals surface area contributed by atoms with Gasteiger partial charge in [0.05, 0.1) is 0 Å². The van der Waals surface area contributed by atoms with E-state index in [0.29, 0.717) is 10.0 Å². The molecule has 2 aromatic carbocycles. The molecule has 0 bridgehead atoms. The van der Waals surface area contributed by atoms with Crippen LogP contribution in [0.5, 0.6) is 5.75 Å². The summed E-state index contributed by atoms with van der Waals surface area (Å²) in [6.07, 6.45) is 0. The van der Waals surface area contributed by atoms with Crippen LogP contribution in [-0.4, -0.2) is 11.1 Å². The van der Waals surface area contributed by atoms with E-state index >= 15 is 0 Å². The summed E-state index contributed by atoms with van der Waals surface area (Å²) in [4.78, 5) is 11.1. The Balaban J connectivity index is 2.25. The predicted molar refractivity (Wildman–Crippen MR) is 76.2 cm³/mol. The first-order chi connectivity index (χ1) is 9.49. The molecule has 4 nitrogen and oxygen atoms in total. The van der Waals surface area contributed by atoms with Gasteiger partial charge in [0.2, 0.25) is 0 Å². The van der Waals surface area contributed by atoms with E-state index in [-0.39, 0.29) is 23.6 Å². The number of carboxylic acid groups (broad SMARTS) is 1. The quantitative estimate of drug-likeness (QED) is 0.837. The van der Waals surface area contributed by atoms with Gasteiger partial charge < -0.3 is 15.6 Å². The van der Waals surface area contributed by atoms with Crippen LogP contribution in [0.2, 0.25) is 0 Å². The van der Waals surface area contributed by atoms with Crippen molar-refractivity contribution in [2.45, 2.75) is 6.61 Å². The average molecular weight is 340 g/mol. The highest BCUT2D eigenvalue weighted by atomic mass is 79.9. The summed E-state index contributed by atoms with van der Waals surface area (Å²) in [6.45, 7) is 0.0298. The van der Waals surface area contributed by atoms with Gasteiger partial charge in [-0.15, -0.1) is 0 Å². The first-order valence-electron chi connectivity index (χ1n) is 5.67. The average Bonchev–Trinajstić information content (AvgIpc) is 2.39. The molecule has 3 N–H and O–H groups in total. The van der Waals surface area contributed by atoms with Crippen LogP contribution < -0.4 is 10.5 Å². The van der Waals surface area contributed by atoms with Crippen LogP contribution in [0.4, 0.5) is 10.1 Å². The highest BCUT2D eigenvalue weighted by Crippen LogP contribution is 2.26. The summed E-state index contributed by atoms with van der Waals surface area (Å²) in [5.74, 6) is -1.41. The van der Waals surface area contributed by atoms with Crippen molar-refractivity contribution in [1.29, 1.82) is 0 Å². The lowest BCUT2D eigenvalue weighted by Crippen LogP contribution is -2.07. The Morgan fingerprint density at radius 3 is 2.80 bits per heavy atom. The molecule has 0 aliphatic heterocycles. The van der Waals surface area contributed by atoms with Crippen LogP contribution in [0.15, 0.2) is 40.9 Å². The second kappa shape index (κ2) is 5.92. The van der Waals surface area contributed by atoms with Crippen molar-refractivity contribution in [3.05, 3.63) is 57.8 Å². The molecular weight excluding hydrogens is 329 g/mol. The molecule has 6 heteroatoms. The minimum atomic E-state index is -1.17. The summed E-state index contributed by atoms with van der Waals surface area (Å²) in [5, 5.41) is 9.11. The van der Waals surface area contributed by atoms with Crippen LogP contribution in [0, 0.1) is 5.82 Å². The topological polar surface area (TPSA) is 72.5 Å². The van der Waals surface area contributed by atoms with Gasteiger partial charge in [-0.05, 0) is 30.3 Å². The van der Waals surface area contributed by atoms with Gasteiger partial charge in [-0.25, -0.2) is 9.18 Å². The standard InChI is InChI=1S/C14H11BrFNO3/c15-10-5-4-9(16)6-8(10)7-20-12-3-1-2-11(17)13(12)14(18)19/h1-6H,7,17H2,(H,18,19). The molecule has 0 fully saturated rings. The number of halogens is 2. The maximum Gasteiger partial charge on any atom is 0.341 e. The van der Waals surface area contributed by atoms with E-state index in [9.17, 15) is 9.18 Å². The molecule has 0 atom stereocenters. The molecule has 2 rings (SSSR count). The number of aromatic carboxylic acids is 1. The van der Waals surface area contributed by atoms with Crippen molar-refractivity contribution in [1.82, 2.24) is 0 Å². The van der Waals surface area contributed by atoms with Gasteiger partial charge in [0, 0.05) is 15.7 Å². The lowest BCUT2D eigenvalue weighted by molar-refractivity contribution is 0.0693. The van der Waals surface area contributed by atoms with Gasteiger partial charge in [0.1, 0.15) is 23.7 Å². The van der Waals surface area contributed by atoms with Crippen molar-refractivity contribution in [2.24, 2.45) is 0 Å². The molecule has 104 valence electrons. The molecule has 20 heavy (non-hydrogen) atoms. The highest BCUT2D eigenvalue weighted by molar-refractivity contribution is 9.10. The van der Waals surface area contributed by atoms with Gasteiger partial charge in [0.25, 0.3) is 0 Å². The van der Waals surface area contributed by atoms with E-state index in [1.54, 1.807) is 12.1 Å².